The summed E-state index contributed by atoms with van der Waals surface area (Å²) in [4.78, 5) is 3.20. The van der Waals surface area contributed by atoms with Crippen molar-refractivity contribution in [1.29, 1.82) is 5.26 Å². The van der Waals surface area contributed by atoms with Crippen LogP contribution in [-0.2, 0) is 4.74 Å². The number of rotatable bonds is 2. The Labute approximate surface area is 123 Å². The normalized spacial score (nSPS) is 16.3. The van der Waals surface area contributed by atoms with Crippen LogP contribution >= 0.6 is 0 Å². The molecule has 0 spiro atoms. The Hall–Kier alpha value is -3.24. The Bertz CT molecular complexity index is 735. The van der Waals surface area contributed by atoms with Crippen LogP contribution in [0.5, 0.6) is 5.75 Å². The van der Waals surface area contributed by atoms with E-state index in [1.165, 1.54) is 0 Å². The fourth-order valence-corrected chi connectivity index (χ4v) is 1.80. The molecule has 1 heterocycles. The average molecular weight is 276 g/mol. The largest absolute Gasteiger partial charge is 0.508 e. The SMILES string of the molecule is [C-]#[N+]/C(C#N)=C1\C=C(C)OC(/C=C/c2ccc(O)cc2)=C1. The first-order valence-corrected chi connectivity index (χ1v) is 6.19. The van der Waals surface area contributed by atoms with Gasteiger partial charge in [0.15, 0.2) is 0 Å². The van der Waals surface area contributed by atoms with Gasteiger partial charge in [-0.2, -0.15) is 0 Å². The molecule has 0 unspecified atom stereocenters. The van der Waals surface area contributed by atoms with Crippen molar-refractivity contribution in [3.63, 3.8) is 0 Å². The van der Waals surface area contributed by atoms with Gasteiger partial charge in [0.25, 0.3) is 5.70 Å². The molecule has 0 bridgehead atoms. The van der Waals surface area contributed by atoms with Gasteiger partial charge < -0.3 is 9.84 Å². The second kappa shape index (κ2) is 6.27. The molecular formula is C17H12N2O2. The Balaban J connectivity index is 2.29. The van der Waals surface area contributed by atoms with Crippen LogP contribution in [0.2, 0.25) is 0 Å². The topological polar surface area (TPSA) is 57.6 Å². The van der Waals surface area contributed by atoms with E-state index in [4.69, 9.17) is 16.6 Å². The van der Waals surface area contributed by atoms with Gasteiger partial charge in [0.2, 0.25) is 0 Å². The molecule has 1 N–H and O–H groups in total. The van der Waals surface area contributed by atoms with E-state index < -0.39 is 0 Å². The van der Waals surface area contributed by atoms with E-state index in [0.717, 1.165) is 5.56 Å². The molecule has 0 atom stereocenters. The highest BCUT2D eigenvalue weighted by molar-refractivity contribution is 5.56. The summed E-state index contributed by atoms with van der Waals surface area (Å²) in [5.41, 5.74) is 1.48. The Morgan fingerprint density at radius 3 is 2.62 bits per heavy atom. The van der Waals surface area contributed by atoms with E-state index in [2.05, 4.69) is 4.85 Å². The van der Waals surface area contributed by atoms with Gasteiger partial charge in [0.05, 0.1) is 12.6 Å². The molecule has 0 saturated carbocycles. The summed E-state index contributed by atoms with van der Waals surface area (Å²) in [7, 11) is 0. The third-order valence-electron chi connectivity index (χ3n) is 2.76. The van der Waals surface area contributed by atoms with E-state index in [1.807, 2.05) is 12.1 Å². The van der Waals surface area contributed by atoms with E-state index in [-0.39, 0.29) is 11.4 Å². The maximum atomic E-state index is 9.23. The second-order valence-corrected chi connectivity index (χ2v) is 4.36. The van der Waals surface area contributed by atoms with Crippen molar-refractivity contribution in [1.82, 2.24) is 0 Å². The summed E-state index contributed by atoms with van der Waals surface area (Å²) in [5.74, 6) is 1.38. The summed E-state index contributed by atoms with van der Waals surface area (Å²) in [6.45, 7) is 8.75. The van der Waals surface area contributed by atoms with E-state index in [1.54, 1.807) is 49.4 Å². The van der Waals surface area contributed by atoms with Crippen LogP contribution in [0.3, 0.4) is 0 Å². The fourth-order valence-electron chi connectivity index (χ4n) is 1.80. The fraction of sp³-hybridized carbons (Fsp3) is 0.0588. The van der Waals surface area contributed by atoms with Gasteiger partial charge in [-0.05, 0) is 48.4 Å². The van der Waals surface area contributed by atoms with Crippen molar-refractivity contribution in [3.8, 4) is 11.8 Å². The van der Waals surface area contributed by atoms with Crippen molar-refractivity contribution in [3.05, 3.63) is 82.3 Å². The molecule has 0 aliphatic carbocycles. The summed E-state index contributed by atoms with van der Waals surface area (Å²) in [6, 6.07) is 8.61. The lowest BCUT2D eigenvalue weighted by molar-refractivity contribution is 0.318. The van der Waals surface area contributed by atoms with Gasteiger partial charge in [-0.1, -0.05) is 18.2 Å². The predicted molar refractivity (Wildman–Crippen MR) is 79.3 cm³/mol. The average Bonchev–Trinajstić information content (AvgIpc) is 2.47. The molecule has 102 valence electrons. The van der Waals surface area contributed by atoms with E-state index in [9.17, 15) is 5.11 Å². The number of nitrogens with zero attached hydrogens (tertiary/aromatic N) is 2. The molecule has 1 aliphatic heterocycles. The number of hydrogen-bond acceptors (Lipinski definition) is 3. The van der Waals surface area contributed by atoms with Crippen LogP contribution in [0, 0.1) is 17.9 Å². The minimum Gasteiger partial charge on any atom is -0.508 e. The Morgan fingerprint density at radius 1 is 1.29 bits per heavy atom. The first kappa shape index (κ1) is 14.2. The zero-order valence-corrected chi connectivity index (χ0v) is 11.4. The third kappa shape index (κ3) is 3.62. The van der Waals surface area contributed by atoms with Crippen molar-refractivity contribution in [2.24, 2.45) is 0 Å². The lowest BCUT2D eigenvalue weighted by atomic mass is 10.1. The van der Waals surface area contributed by atoms with Crippen molar-refractivity contribution in [2.45, 2.75) is 6.92 Å². The Morgan fingerprint density at radius 2 is 2.00 bits per heavy atom. The summed E-state index contributed by atoms with van der Waals surface area (Å²) >= 11 is 0. The van der Waals surface area contributed by atoms with Crippen LogP contribution in [-0.4, -0.2) is 5.11 Å². The zero-order valence-electron chi connectivity index (χ0n) is 11.4. The minimum absolute atomic E-state index is 0.0354. The third-order valence-corrected chi connectivity index (χ3v) is 2.76. The van der Waals surface area contributed by atoms with Crippen molar-refractivity contribution in [2.75, 3.05) is 0 Å². The monoisotopic (exact) mass is 276 g/mol. The number of aromatic hydroxyl groups is 1. The van der Waals surface area contributed by atoms with Gasteiger partial charge in [0.1, 0.15) is 17.3 Å². The van der Waals surface area contributed by atoms with Crippen molar-refractivity contribution < 1.29 is 9.84 Å². The van der Waals surface area contributed by atoms with Gasteiger partial charge >= 0.3 is 0 Å². The Kier molecular flexibility index (Phi) is 4.23. The first-order chi connectivity index (χ1) is 10.1. The molecule has 1 aromatic rings. The predicted octanol–water partition coefficient (Wildman–Crippen LogP) is 3.92. The summed E-state index contributed by atoms with van der Waals surface area (Å²) in [6.07, 6.45) is 6.89. The lowest BCUT2D eigenvalue weighted by Crippen LogP contribution is -1.96. The number of ether oxygens (including phenoxy) is 1. The molecule has 21 heavy (non-hydrogen) atoms. The highest BCUT2D eigenvalue weighted by Crippen LogP contribution is 2.23. The van der Waals surface area contributed by atoms with Crippen LogP contribution in [0.1, 0.15) is 12.5 Å². The van der Waals surface area contributed by atoms with E-state index >= 15 is 0 Å². The van der Waals surface area contributed by atoms with Crippen LogP contribution < -0.4 is 0 Å². The van der Waals surface area contributed by atoms with Gasteiger partial charge in [-0.15, -0.1) is 0 Å². The van der Waals surface area contributed by atoms with Gasteiger partial charge in [-0.25, -0.2) is 10.1 Å². The highest BCUT2D eigenvalue weighted by Gasteiger charge is 2.10. The molecule has 0 radical (unpaired) electrons. The second-order valence-electron chi connectivity index (χ2n) is 4.36. The molecule has 4 nitrogen and oxygen atoms in total. The summed E-state index contributed by atoms with van der Waals surface area (Å²) in [5, 5.41) is 18.1. The maximum absolute atomic E-state index is 9.23. The van der Waals surface area contributed by atoms with Crippen LogP contribution in [0.4, 0.5) is 0 Å². The van der Waals surface area contributed by atoms with Crippen LogP contribution in [0.25, 0.3) is 10.9 Å². The number of phenols is 1. The molecule has 1 aliphatic rings. The molecule has 4 heteroatoms. The molecule has 0 aromatic heterocycles. The summed E-state index contributed by atoms with van der Waals surface area (Å²) < 4.78 is 5.54. The van der Waals surface area contributed by atoms with Crippen molar-refractivity contribution >= 4 is 6.08 Å². The number of nitriles is 1. The molecule has 0 amide bonds. The number of hydrogen-bond donors (Lipinski definition) is 1. The molecule has 1 aromatic carbocycles. The first-order valence-electron chi connectivity index (χ1n) is 6.19. The molecule has 0 fully saturated rings. The molecule has 0 saturated heterocycles. The number of benzene rings is 1. The number of phenolic OH excluding ortho intramolecular Hbond substituents is 1. The zero-order chi connectivity index (χ0) is 15.2. The van der Waals surface area contributed by atoms with Crippen LogP contribution in [0.15, 0.2) is 65.3 Å². The lowest BCUT2D eigenvalue weighted by Gasteiger charge is -2.13. The number of allylic oxidation sites excluding steroid dienone is 6. The quantitative estimate of drug-likeness (QED) is 0.658. The van der Waals surface area contributed by atoms with E-state index in [0.29, 0.717) is 17.1 Å². The standard InChI is InChI=1S/C17H12N2O2/c1-12-9-14(17(11-18)19-2)10-16(21-12)8-5-13-3-6-15(20)7-4-13/h3-10,20H,1H3/b8-5+,17-14+. The molecular weight excluding hydrogens is 264 g/mol. The highest BCUT2D eigenvalue weighted by atomic mass is 16.5. The minimum atomic E-state index is 0.0354. The molecule has 2 rings (SSSR count). The van der Waals surface area contributed by atoms with Gasteiger partial charge in [-0.3, -0.25) is 0 Å². The van der Waals surface area contributed by atoms with Gasteiger partial charge in [0, 0.05) is 0 Å². The maximum Gasteiger partial charge on any atom is 0.269 e. The smallest absolute Gasteiger partial charge is 0.269 e.